The number of hydrogen-bond donors (Lipinski definition) is 1. The molecule has 2 rings (SSSR count). The number of aryl methyl sites for hydroxylation is 1. The lowest BCUT2D eigenvalue weighted by molar-refractivity contribution is -0.0163. The summed E-state index contributed by atoms with van der Waals surface area (Å²) < 4.78 is 5.61. The second kappa shape index (κ2) is 3.77. The topological polar surface area (TPSA) is 61.0 Å². The first-order chi connectivity index (χ1) is 7.16. The minimum atomic E-state index is -0.292. The lowest BCUT2D eigenvalue weighted by Crippen LogP contribution is -2.28. The number of anilines is 1. The zero-order valence-corrected chi connectivity index (χ0v) is 9.29. The molecule has 4 heteroatoms. The molecule has 1 heterocycles. The zero-order valence-electron chi connectivity index (χ0n) is 9.29. The van der Waals surface area contributed by atoms with Crippen molar-refractivity contribution in [3.05, 3.63) is 17.6 Å². The Morgan fingerprint density at radius 1 is 1.33 bits per heavy atom. The van der Waals surface area contributed by atoms with Crippen molar-refractivity contribution < 1.29 is 4.74 Å². The fraction of sp³-hybridized carbons (Fsp3) is 0.636. The predicted molar refractivity (Wildman–Crippen MR) is 58.3 cm³/mol. The van der Waals surface area contributed by atoms with E-state index in [2.05, 4.69) is 9.97 Å². The van der Waals surface area contributed by atoms with Crippen LogP contribution in [-0.2, 0) is 10.3 Å². The van der Waals surface area contributed by atoms with Gasteiger partial charge in [0.15, 0.2) is 5.82 Å². The van der Waals surface area contributed by atoms with Gasteiger partial charge in [-0.25, -0.2) is 9.97 Å². The second-order valence-electron chi connectivity index (χ2n) is 4.16. The van der Waals surface area contributed by atoms with E-state index in [1.165, 1.54) is 12.8 Å². The highest BCUT2D eigenvalue weighted by atomic mass is 16.5. The number of nitrogens with zero attached hydrogens (tertiary/aromatic N) is 2. The van der Waals surface area contributed by atoms with Gasteiger partial charge < -0.3 is 10.5 Å². The fourth-order valence-corrected chi connectivity index (χ4v) is 2.26. The molecule has 0 aliphatic heterocycles. The third-order valence-corrected chi connectivity index (χ3v) is 3.08. The quantitative estimate of drug-likeness (QED) is 0.803. The zero-order chi connectivity index (χ0) is 10.9. The maximum atomic E-state index is 5.73. The molecule has 2 N–H and O–H groups in total. The van der Waals surface area contributed by atoms with Crippen molar-refractivity contribution in [2.24, 2.45) is 0 Å². The monoisotopic (exact) mass is 207 g/mol. The van der Waals surface area contributed by atoms with Crippen molar-refractivity contribution in [3.63, 3.8) is 0 Å². The number of methoxy groups -OCH3 is 1. The molecule has 1 saturated carbocycles. The van der Waals surface area contributed by atoms with E-state index in [4.69, 9.17) is 10.5 Å². The first-order valence-electron chi connectivity index (χ1n) is 5.33. The van der Waals surface area contributed by atoms with Gasteiger partial charge in [-0.1, -0.05) is 0 Å². The van der Waals surface area contributed by atoms with Crippen molar-refractivity contribution >= 4 is 5.82 Å². The van der Waals surface area contributed by atoms with E-state index in [-0.39, 0.29) is 5.60 Å². The van der Waals surface area contributed by atoms with Gasteiger partial charge in [0.25, 0.3) is 0 Å². The fourth-order valence-electron chi connectivity index (χ4n) is 2.26. The van der Waals surface area contributed by atoms with Gasteiger partial charge in [-0.05, 0) is 32.6 Å². The minimum Gasteiger partial charge on any atom is -0.384 e. The molecular weight excluding hydrogens is 190 g/mol. The summed E-state index contributed by atoms with van der Waals surface area (Å²) in [5, 5.41) is 0. The molecule has 0 aromatic carbocycles. The van der Waals surface area contributed by atoms with E-state index in [0.29, 0.717) is 5.82 Å². The van der Waals surface area contributed by atoms with Crippen LogP contribution in [0.4, 0.5) is 5.82 Å². The molecule has 0 atom stereocenters. The number of rotatable bonds is 2. The molecule has 0 saturated heterocycles. The molecule has 0 bridgehead atoms. The summed E-state index contributed by atoms with van der Waals surface area (Å²) >= 11 is 0. The molecule has 82 valence electrons. The largest absolute Gasteiger partial charge is 0.384 e. The van der Waals surface area contributed by atoms with Crippen LogP contribution in [-0.4, -0.2) is 17.1 Å². The Balaban J connectivity index is 2.42. The average Bonchev–Trinajstić information content (AvgIpc) is 2.65. The maximum absolute atomic E-state index is 5.73. The summed E-state index contributed by atoms with van der Waals surface area (Å²) in [6.07, 6.45) is 4.33. The van der Waals surface area contributed by atoms with Crippen LogP contribution in [0.3, 0.4) is 0 Å². The third-order valence-electron chi connectivity index (χ3n) is 3.08. The summed E-state index contributed by atoms with van der Waals surface area (Å²) in [6.45, 7) is 1.93. The van der Waals surface area contributed by atoms with Crippen LogP contribution < -0.4 is 5.73 Å². The maximum Gasteiger partial charge on any atom is 0.162 e. The molecule has 0 amide bonds. The summed E-state index contributed by atoms with van der Waals surface area (Å²) in [5.41, 5.74) is 6.35. The Labute approximate surface area is 89.9 Å². The van der Waals surface area contributed by atoms with Gasteiger partial charge in [0.05, 0.1) is 0 Å². The van der Waals surface area contributed by atoms with E-state index in [9.17, 15) is 0 Å². The van der Waals surface area contributed by atoms with Gasteiger partial charge in [-0.3, -0.25) is 0 Å². The highest BCUT2D eigenvalue weighted by Crippen LogP contribution is 2.40. The molecule has 1 aliphatic rings. The molecule has 4 nitrogen and oxygen atoms in total. The van der Waals surface area contributed by atoms with Crippen LogP contribution >= 0.6 is 0 Å². The Hall–Kier alpha value is -1.16. The molecular formula is C11H17N3O. The van der Waals surface area contributed by atoms with E-state index >= 15 is 0 Å². The second-order valence-corrected chi connectivity index (χ2v) is 4.16. The van der Waals surface area contributed by atoms with Crippen molar-refractivity contribution in [2.45, 2.75) is 38.2 Å². The highest BCUT2D eigenvalue weighted by molar-refractivity contribution is 5.30. The van der Waals surface area contributed by atoms with Crippen LogP contribution in [0.5, 0.6) is 0 Å². The Morgan fingerprint density at radius 2 is 2.00 bits per heavy atom. The van der Waals surface area contributed by atoms with E-state index in [0.717, 1.165) is 24.4 Å². The minimum absolute atomic E-state index is 0.292. The third kappa shape index (κ3) is 1.81. The normalized spacial score (nSPS) is 19.3. The molecule has 15 heavy (non-hydrogen) atoms. The van der Waals surface area contributed by atoms with E-state index < -0.39 is 0 Å². The first-order valence-corrected chi connectivity index (χ1v) is 5.33. The lowest BCUT2D eigenvalue weighted by Gasteiger charge is -2.25. The summed E-state index contributed by atoms with van der Waals surface area (Å²) in [5.74, 6) is 1.28. The van der Waals surface area contributed by atoms with Gasteiger partial charge in [-0.2, -0.15) is 0 Å². The highest BCUT2D eigenvalue weighted by Gasteiger charge is 2.38. The van der Waals surface area contributed by atoms with Gasteiger partial charge in [-0.15, -0.1) is 0 Å². The molecule has 0 radical (unpaired) electrons. The smallest absolute Gasteiger partial charge is 0.162 e. The van der Waals surface area contributed by atoms with E-state index in [1.54, 1.807) is 13.2 Å². The summed E-state index contributed by atoms with van der Waals surface area (Å²) in [7, 11) is 1.73. The van der Waals surface area contributed by atoms with Crippen LogP contribution in [0.25, 0.3) is 0 Å². The van der Waals surface area contributed by atoms with Crippen LogP contribution in [0.2, 0.25) is 0 Å². The van der Waals surface area contributed by atoms with Gasteiger partial charge in [0.1, 0.15) is 11.4 Å². The number of nitrogens with two attached hydrogens (primary N) is 1. The standard InChI is InChI=1S/C11H17N3O/c1-8-7-9(12)14-10(13-8)11(15-2)5-3-4-6-11/h7H,3-6H2,1-2H3,(H2,12,13,14). The van der Waals surface area contributed by atoms with E-state index in [1.807, 2.05) is 6.92 Å². The van der Waals surface area contributed by atoms with Crippen molar-refractivity contribution in [1.29, 1.82) is 0 Å². The van der Waals surface area contributed by atoms with Crippen molar-refractivity contribution in [1.82, 2.24) is 9.97 Å². The number of aromatic nitrogens is 2. The molecule has 0 spiro atoms. The lowest BCUT2D eigenvalue weighted by atomic mass is 10.0. The summed E-state index contributed by atoms with van der Waals surface area (Å²) in [6, 6.07) is 1.78. The Morgan fingerprint density at radius 3 is 2.53 bits per heavy atom. The van der Waals surface area contributed by atoms with Gasteiger partial charge >= 0.3 is 0 Å². The predicted octanol–water partition coefficient (Wildman–Crippen LogP) is 1.78. The molecule has 1 fully saturated rings. The molecule has 0 unspecified atom stereocenters. The number of hydrogen-bond acceptors (Lipinski definition) is 4. The SMILES string of the molecule is COC1(c2nc(C)cc(N)n2)CCCC1. The molecule has 1 aromatic rings. The number of nitrogen functional groups attached to an aromatic ring is 1. The average molecular weight is 207 g/mol. The summed E-state index contributed by atoms with van der Waals surface area (Å²) in [4.78, 5) is 8.74. The van der Waals surface area contributed by atoms with Crippen molar-refractivity contribution in [3.8, 4) is 0 Å². The molecule has 1 aliphatic carbocycles. The Kier molecular flexibility index (Phi) is 2.61. The molecule has 1 aromatic heterocycles. The van der Waals surface area contributed by atoms with Crippen molar-refractivity contribution in [2.75, 3.05) is 12.8 Å². The van der Waals surface area contributed by atoms with Crippen LogP contribution in [0.1, 0.15) is 37.2 Å². The van der Waals surface area contributed by atoms with Gasteiger partial charge in [0, 0.05) is 18.9 Å². The number of ether oxygens (including phenoxy) is 1. The van der Waals surface area contributed by atoms with Gasteiger partial charge in [0.2, 0.25) is 0 Å². The first kappa shape index (κ1) is 10.4. The van der Waals surface area contributed by atoms with Crippen LogP contribution in [0.15, 0.2) is 6.07 Å². The Bertz CT molecular complexity index is 339. The van der Waals surface area contributed by atoms with Crippen LogP contribution in [0, 0.1) is 6.92 Å².